The number of hydrogen-bond donors (Lipinski definition) is 1. The zero-order valence-corrected chi connectivity index (χ0v) is 11.4. The van der Waals surface area contributed by atoms with Crippen molar-refractivity contribution < 1.29 is 24.2 Å². The Labute approximate surface area is 92.9 Å². The van der Waals surface area contributed by atoms with Crippen molar-refractivity contribution in [2.75, 3.05) is 0 Å². The van der Waals surface area contributed by atoms with E-state index in [1.54, 1.807) is 0 Å². The summed E-state index contributed by atoms with van der Waals surface area (Å²) in [5, 5.41) is 8.19. The fourth-order valence-electron chi connectivity index (χ4n) is 0.595. The summed E-state index contributed by atoms with van der Waals surface area (Å²) in [5.74, 6) is -2.32. The predicted molar refractivity (Wildman–Crippen MR) is 48.2 cm³/mol. The Balaban J connectivity index is 0. The minimum atomic E-state index is -0.967. The molecule has 0 aliphatic carbocycles. The van der Waals surface area contributed by atoms with Crippen LogP contribution in [-0.2, 0) is 19.1 Å². The van der Waals surface area contributed by atoms with Crippen LogP contribution in [0.5, 0.6) is 0 Å². The third-order valence-corrected chi connectivity index (χ3v) is 1.03. The van der Waals surface area contributed by atoms with Crippen LogP contribution in [0.2, 0.25) is 0 Å². The van der Waals surface area contributed by atoms with E-state index in [1.165, 1.54) is 0 Å². The molecular formula is C7H13O5Sb. The molecule has 0 saturated carbocycles. The van der Waals surface area contributed by atoms with Crippen LogP contribution in [0.25, 0.3) is 0 Å². The molecule has 6 heteroatoms. The summed E-state index contributed by atoms with van der Waals surface area (Å²) in [6.45, 7) is 1.12. The molecule has 13 heavy (non-hydrogen) atoms. The van der Waals surface area contributed by atoms with Gasteiger partial charge in [-0.2, -0.15) is 0 Å². The van der Waals surface area contributed by atoms with Crippen LogP contribution in [0, 0.1) is 0 Å². The molecule has 0 fully saturated rings. The molecule has 0 aliphatic rings. The number of carboxylic acids is 1. The van der Waals surface area contributed by atoms with Crippen molar-refractivity contribution in [1.82, 2.24) is 0 Å². The molecule has 0 aromatic rings. The molecule has 0 unspecified atom stereocenters. The Morgan fingerprint density at radius 2 is 1.77 bits per heavy atom. The van der Waals surface area contributed by atoms with Crippen molar-refractivity contribution >= 4 is 42.3 Å². The molecule has 0 heterocycles. The Bertz CT molecular complexity index is 201. The van der Waals surface area contributed by atoms with E-state index < -0.39 is 17.9 Å². The van der Waals surface area contributed by atoms with Crippen molar-refractivity contribution in [3.05, 3.63) is 0 Å². The number of aliphatic carboxylic acids is 1. The third kappa shape index (κ3) is 11.4. The van der Waals surface area contributed by atoms with Gasteiger partial charge in [0.05, 0.1) is 0 Å². The zero-order chi connectivity index (χ0) is 9.56. The molecule has 0 aliphatic heterocycles. The Morgan fingerprint density at radius 1 is 1.23 bits per heavy atom. The minimum absolute atomic E-state index is 0. The third-order valence-electron chi connectivity index (χ3n) is 1.03. The molecule has 0 saturated heterocycles. The number of esters is 2. The van der Waals surface area contributed by atoms with Crippen molar-refractivity contribution in [2.45, 2.75) is 26.2 Å². The number of rotatable bonds is 4. The normalized spacial score (nSPS) is 8.38. The molecule has 76 valence electrons. The Hall–Kier alpha value is -0.572. The fraction of sp³-hybridized carbons (Fsp3) is 0.571. The quantitative estimate of drug-likeness (QED) is 0.415. The second-order valence-corrected chi connectivity index (χ2v) is 2.21. The van der Waals surface area contributed by atoms with E-state index in [4.69, 9.17) is 5.11 Å². The van der Waals surface area contributed by atoms with Gasteiger partial charge in [0.25, 0.3) is 0 Å². The molecule has 0 atom stereocenters. The van der Waals surface area contributed by atoms with Crippen LogP contribution in [0.4, 0.5) is 0 Å². The van der Waals surface area contributed by atoms with E-state index in [-0.39, 0.29) is 43.7 Å². The van der Waals surface area contributed by atoms with Crippen LogP contribution in [-0.4, -0.2) is 47.4 Å². The second-order valence-electron chi connectivity index (χ2n) is 2.21. The number of hydrogen-bond acceptors (Lipinski definition) is 4. The Morgan fingerprint density at radius 3 is 2.15 bits per heavy atom. The van der Waals surface area contributed by atoms with E-state index >= 15 is 0 Å². The van der Waals surface area contributed by atoms with E-state index in [0.29, 0.717) is 0 Å². The maximum absolute atomic E-state index is 10.6. The van der Waals surface area contributed by atoms with Crippen molar-refractivity contribution in [1.29, 1.82) is 0 Å². The van der Waals surface area contributed by atoms with Crippen molar-refractivity contribution in [2.24, 2.45) is 0 Å². The summed E-state index contributed by atoms with van der Waals surface area (Å²) in [7, 11) is 0. The average molecular weight is 299 g/mol. The van der Waals surface area contributed by atoms with E-state index in [0.717, 1.165) is 6.92 Å². The van der Waals surface area contributed by atoms with Gasteiger partial charge in [0.1, 0.15) is 0 Å². The molecule has 0 aromatic heterocycles. The topological polar surface area (TPSA) is 80.7 Å². The second kappa shape index (κ2) is 8.05. The summed E-state index contributed by atoms with van der Waals surface area (Å²) < 4.78 is 4.16. The van der Waals surface area contributed by atoms with Crippen LogP contribution < -0.4 is 0 Å². The molecule has 0 bridgehead atoms. The first-order chi connectivity index (χ1) is 5.52. The molecule has 0 amide bonds. The fourth-order valence-corrected chi connectivity index (χ4v) is 0.595. The van der Waals surface area contributed by atoms with Crippen LogP contribution >= 0.6 is 0 Å². The number of ether oxygens (including phenoxy) is 1. The standard InChI is InChI=1S/C7H10O5.Sb.3H/c1-5(8)12-7(11)4-2-3-6(9)10;;;;/h2-4H2,1H3,(H,9,10);;;;. The first-order valence-electron chi connectivity index (χ1n) is 3.45. The van der Waals surface area contributed by atoms with Crippen molar-refractivity contribution in [3.8, 4) is 0 Å². The first-order valence-corrected chi connectivity index (χ1v) is 3.45. The van der Waals surface area contributed by atoms with Gasteiger partial charge in [0.2, 0.25) is 0 Å². The molecule has 5 nitrogen and oxygen atoms in total. The summed E-state index contributed by atoms with van der Waals surface area (Å²) in [5.41, 5.74) is 0. The summed E-state index contributed by atoms with van der Waals surface area (Å²) >= 11 is 0. The molecular weight excluding hydrogens is 286 g/mol. The summed E-state index contributed by atoms with van der Waals surface area (Å²) in [6, 6.07) is 0. The van der Waals surface area contributed by atoms with Crippen LogP contribution in [0.3, 0.4) is 0 Å². The molecule has 1 N–H and O–H groups in total. The summed E-state index contributed by atoms with van der Waals surface area (Å²) in [6.07, 6.45) is 0.0698. The van der Waals surface area contributed by atoms with E-state index in [1.807, 2.05) is 0 Å². The predicted octanol–water partition coefficient (Wildman–Crippen LogP) is -0.853. The molecule has 0 radical (unpaired) electrons. The van der Waals surface area contributed by atoms with E-state index in [9.17, 15) is 14.4 Å². The van der Waals surface area contributed by atoms with Gasteiger partial charge in [-0.15, -0.1) is 0 Å². The van der Waals surface area contributed by atoms with Gasteiger partial charge in [-0.25, -0.2) is 0 Å². The van der Waals surface area contributed by atoms with Gasteiger partial charge in [-0.3, -0.25) is 14.4 Å². The van der Waals surface area contributed by atoms with Gasteiger partial charge in [0, 0.05) is 19.8 Å². The monoisotopic (exact) mass is 298 g/mol. The zero-order valence-electron chi connectivity index (χ0n) is 7.41. The van der Waals surface area contributed by atoms with Gasteiger partial charge in [0.15, 0.2) is 0 Å². The maximum atomic E-state index is 10.6. The van der Waals surface area contributed by atoms with Gasteiger partial charge in [-0.05, 0) is 6.42 Å². The molecule has 0 rings (SSSR count). The summed E-state index contributed by atoms with van der Waals surface area (Å²) in [4.78, 5) is 30.8. The Kier molecular flexibility index (Phi) is 9.24. The van der Waals surface area contributed by atoms with Gasteiger partial charge < -0.3 is 9.84 Å². The molecule has 0 aromatic carbocycles. The first kappa shape index (κ1) is 14.9. The number of carboxylic acid groups (broad SMARTS) is 1. The number of carbonyl (C=O) groups is 3. The average Bonchev–Trinajstić information content (AvgIpc) is 1.84. The van der Waals surface area contributed by atoms with Gasteiger partial charge >= 0.3 is 42.3 Å². The van der Waals surface area contributed by atoms with Crippen molar-refractivity contribution in [3.63, 3.8) is 0 Å². The van der Waals surface area contributed by atoms with Crippen LogP contribution in [0.1, 0.15) is 26.2 Å². The van der Waals surface area contributed by atoms with Gasteiger partial charge in [-0.1, -0.05) is 0 Å². The SMILES string of the molecule is CC(=O)OC(=O)CCCC(=O)O.[SbH3]. The molecule has 0 spiro atoms. The van der Waals surface area contributed by atoms with E-state index in [2.05, 4.69) is 4.74 Å². The van der Waals surface area contributed by atoms with Crippen LogP contribution in [0.15, 0.2) is 0 Å². The number of carbonyl (C=O) groups excluding carboxylic acids is 2.